The van der Waals surface area contributed by atoms with Crippen molar-refractivity contribution in [3.63, 3.8) is 0 Å². The molecule has 1 aromatic rings. The van der Waals surface area contributed by atoms with E-state index in [0.29, 0.717) is 11.1 Å². The minimum absolute atomic E-state index is 0.596. The van der Waals surface area contributed by atoms with Crippen LogP contribution < -0.4 is 5.32 Å². The molecule has 0 bridgehead atoms. The Bertz CT molecular complexity index is 436. The smallest absolute Gasteiger partial charge is 0.0593 e. The molecule has 1 aliphatic heterocycles. The van der Waals surface area contributed by atoms with Gasteiger partial charge in [0.1, 0.15) is 0 Å². The highest BCUT2D eigenvalue weighted by Gasteiger charge is 2.21. The van der Waals surface area contributed by atoms with Gasteiger partial charge in [-0.05, 0) is 50.6 Å². The van der Waals surface area contributed by atoms with Crippen LogP contribution in [0.2, 0.25) is 10.0 Å². The summed E-state index contributed by atoms with van der Waals surface area (Å²) in [6.45, 7) is 7.54. The molecule has 0 saturated carbocycles. The van der Waals surface area contributed by atoms with Gasteiger partial charge in [-0.3, -0.25) is 4.90 Å². The average molecular weight is 331 g/mol. The van der Waals surface area contributed by atoms with E-state index in [1.54, 1.807) is 0 Å². The third-order valence-electron chi connectivity index (χ3n) is 3.94. The fraction of sp³-hybridized carbons (Fsp3) is 0.625. The minimum Gasteiger partial charge on any atom is -0.380 e. The highest BCUT2D eigenvalue weighted by molar-refractivity contribution is 6.35. The van der Waals surface area contributed by atoms with E-state index in [4.69, 9.17) is 27.9 Å². The molecular weight excluding hydrogens is 307 g/mol. The number of nitrogens with zero attached hydrogens (tertiary/aromatic N) is 1. The molecule has 5 heteroatoms. The van der Waals surface area contributed by atoms with Gasteiger partial charge in [0.2, 0.25) is 0 Å². The number of benzene rings is 1. The summed E-state index contributed by atoms with van der Waals surface area (Å²) in [5.74, 6) is 0. The number of rotatable bonds is 7. The first-order valence-electron chi connectivity index (χ1n) is 7.67. The lowest BCUT2D eigenvalue weighted by Gasteiger charge is -2.34. The monoisotopic (exact) mass is 330 g/mol. The van der Waals surface area contributed by atoms with Gasteiger partial charge in [-0.25, -0.2) is 0 Å². The Kier molecular flexibility index (Phi) is 7.27. The van der Waals surface area contributed by atoms with Crippen molar-refractivity contribution >= 4 is 23.2 Å². The molecule has 0 aliphatic carbocycles. The highest BCUT2D eigenvalue weighted by atomic mass is 35.5. The van der Waals surface area contributed by atoms with Gasteiger partial charge in [-0.15, -0.1) is 0 Å². The van der Waals surface area contributed by atoms with Gasteiger partial charge in [0.05, 0.1) is 6.61 Å². The zero-order chi connectivity index (χ0) is 15.1. The van der Waals surface area contributed by atoms with Crippen molar-refractivity contribution in [2.45, 2.75) is 32.4 Å². The van der Waals surface area contributed by atoms with Crippen LogP contribution in [0.15, 0.2) is 18.2 Å². The number of hydrogen-bond acceptors (Lipinski definition) is 3. The molecule has 1 aliphatic rings. The average Bonchev–Trinajstić information content (AvgIpc) is 2.49. The van der Waals surface area contributed by atoms with E-state index in [1.807, 2.05) is 25.1 Å². The van der Waals surface area contributed by atoms with E-state index < -0.39 is 0 Å². The van der Waals surface area contributed by atoms with Crippen LogP contribution in [0.25, 0.3) is 0 Å². The van der Waals surface area contributed by atoms with E-state index in [1.165, 1.54) is 12.8 Å². The maximum Gasteiger partial charge on any atom is 0.0593 e. The molecule has 1 heterocycles. The van der Waals surface area contributed by atoms with Gasteiger partial charge in [-0.1, -0.05) is 29.3 Å². The van der Waals surface area contributed by atoms with Crippen molar-refractivity contribution in [2.24, 2.45) is 0 Å². The van der Waals surface area contributed by atoms with Crippen molar-refractivity contribution in [1.82, 2.24) is 10.2 Å². The molecule has 0 atom stereocenters. The minimum atomic E-state index is 0.596. The van der Waals surface area contributed by atoms with Gasteiger partial charge in [0.25, 0.3) is 0 Å². The Hall–Kier alpha value is -0.320. The first-order chi connectivity index (χ1) is 10.2. The summed E-state index contributed by atoms with van der Waals surface area (Å²) in [5.41, 5.74) is 1.14. The number of ether oxygens (including phenoxy) is 1. The maximum absolute atomic E-state index is 6.32. The topological polar surface area (TPSA) is 24.5 Å². The largest absolute Gasteiger partial charge is 0.380 e. The van der Waals surface area contributed by atoms with Crippen molar-refractivity contribution in [2.75, 3.05) is 32.8 Å². The second kappa shape index (κ2) is 8.96. The Morgan fingerprint density at radius 2 is 2.05 bits per heavy atom. The Labute approximate surface area is 137 Å². The van der Waals surface area contributed by atoms with Crippen LogP contribution in [0.1, 0.15) is 25.3 Å². The van der Waals surface area contributed by atoms with E-state index in [-0.39, 0.29) is 0 Å². The highest BCUT2D eigenvalue weighted by Crippen LogP contribution is 2.24. The summed E-state index contributed by atoms with van der Waals surface area (Å²) in [6, 6.07) is 6.35. The molecule has 2 rings (SSSR count). The Morgan fingerprint density at radius 3 is 2.71 bits per heavy atom. The van der Waals surface area contributed by atoms with Gasteiger partial charge >= 0.3 is 0 Å². The lowest BCUT2D eigenvalue weighted by atomic mass is 10.0. The molecule has 0 radical (unpaired) electrons. The van der Waals surface area contributed by atoms with Crippen molar-refractivity contribution < 1.29 is 4.74 Å². The lowest BCUT2D eigenvalue weighted by molar-refractivity contribution is 0.0799. The predicted octanol–water partition coefficient (Wildman–Crippen LogP) is 3.58. The molecule has 118 valence electrons. The standard InChI is InChI=1S/C16H24Cl2N2O/c1-2-21-10-9-20(15-5-7-19-8-6-15)12-13-3-4-14(17)11-16(13)18/h3-4,11,15,19H,2,5-10,12H2,1H3. The third kappa shape index (κ3) is 5.42. The normalized spacial score (nSPS) is 16.6. The fourth-order valence-corrected chi connectivity index (χ4v) is 3.23. The second-order valence-corrected chi connectivity index (χ2v) is 6.23. The lowest BCUT2D eigenvalue weighted by Crippen LogP contribution is -2.44. The van der Waals surface area contributed by atoms with E-state index in [9.17, 15) is 0 Å². The number of halogens is 2. The van der Waals surface area contributed by atoms with Crippen molar-refractivity contribution in [3.8, 4) is 0 Å². The molecule has 0 amide bonds. The van der Waals surface area contributed by atoms with Gasteiger partial charge in [0, 0.05) is 35.8 Å². The van der Waals surface area contributed by atoms with Crippen LogP contribution in [-0.2, 0) is 11.3 Å². The van der Waals surface area contributed by atoms with Crippen molar-refractivity contribution in [3.05, 3.63) is 33.8 Å². The summed E-state index contributed by atoms with van der Waals surface area (Å²) in [5, 5.41) is 4.85. The van der Waals surface area contributed by atoms with Crippen LogP contribution in [0.3, 0.4) is 0 Å². The Morgan fingerprint density at radius 1 is 1.29 bits per heavy atom. The molecule has 21 heavy (non-hydrogen) atoms. The van der Waals surface area contributed by atoms with Gasteiger partial charge < -0.3 is 10.1 Å². The van der Waals surface area contributed by atoms with Crippen LogP contribution in [0.4, 0.5) is 0 Å². The summed E-state index contributed by atoms with van der Waals surface area (Å²) in [7, 11) is 0. The molecule has 0 spiro atoms. The third-order valence-corrected chi connectivity index (χ3v) is 4.53. The molecule has 1 aromatic carbocycles. The summed E-state index contributed by atoms with van der Waals surface area (Å²) in [6.07, 6.45) is 2.36. The van der Waals surface area contributed by atoms with E-state index in [0.717, 1.165) is 50.0 Å². The molecule has 1 saturated heterocycles. The maximum atomic E-state index is 6.32. The predicted molar refractivity (Wildman–Crippen MR) is 89.3 cm³/mol. The number of piperidine rings is 1. The molecule has 3 nitrogen and oxygen atoms in total. The van der Waals surface area contributed by atoms with Crippen LogP contribution >= 0.6 is 23.2 Å². The first kappa shape index (κ1) is 17.0. The Balaban J connectivity index is 2.02. The zero-order valence-electron chi connectivity index (χ0n) is 12.6. The number of hydrogen-bond donors (Lipinski definition) is 1. The molecule has 0 unspecified atom stereocenters. The molecular formula is C16H24Cl2N2O. The second-order valence-electron chi connectivity index (χ2n) is 5.38. The van der Waals surface area contributed by atoms with Crippen LogP contribution in [-0.4, -0.2) is 43.8 Å². The summed E-state index contributed by atoms with van der Waals surface area (Å²) >= 11 is 12.3. The molecule has 1 fully saturated rings. The SMILES string of the molecule is CCOCCN(Cc1ccc(Cl)cc1Cl)C1CCNCC1. The molecule has 1 N–H and O–H groups in total. The number of nitrogens with one attached hydrogen (secondary N) is 1. The quantitative estimate of drug-likeness (QED) is 0.773. The van der Waals surface area contributed by atoms with E-state index >= 15 is 0 Å². The van der Waals surface area contributed by atoms with Gasteiger partial charge in [0.15, 0.2) is 0 Å². The zero-order valence-corrected chi connectivity index (χ0v) is 14.1. The van der Waals surface area contributed by atoms with Gasteiger partial charge in [-0.2, -0.15) is 0 Å². The van der Waals surface area contributed by atoms with Crippen LogP contribution in [0.5, 0.6) is 0 Å². The first-order valence-corrected chi connectivity index (χ1v) is 8.42. The summed E-state index contributed by atoms with van der Waals surface area (Å²) in [4.78, 5) is 2.49. The van der Waals surface area contributed by atoms with Crippen molar-refractivity contribution in [1.29, 1.82) is 0 Å². The van der Waals surface area contributed by atoms with Crippen LogP contribution in [0, 0.1) is 0 Å². The van der Waals surface area contributed by atoms with E-state index in [2.05, 4.69) is 10.2 Å². The molecule has 0 aromatic heterocycles. The summed E-state index contributed by atoms with van der Waals surface area (Å²) < 4.78 is 5.53. The fourth-order valence-electron chi connectivity index (χ4n) is 2.76.